The lowest BCUT2D eigenvalue weighted by molar-refractivity contribution is -0.138. The Balaban J connectivity index is 3.38. The van der Waals surface area contributed by atoms with E-state index in [-0.39, 0.29) is 12.1 Å². The summed E-state index contributed by atoms with van der Waals surface area (Å²) in [7, 11) is 1.41. The molecule has 0 fully saturated rings. The minimum Gasteiger partial charge on any atom is -0.496 e. The van der Waals surface area contributed by atoms with Crippen molar-refractivity contribution in [3.63, 3.8) is 0 Å². The summed E-state index contributed by atoms with van der Waals surface area (Å²) in [6.07, 6.45) is 0. The van der Waals surface area contributed by atoms with Crippen LogP contribution in [0.5, 0.6) is 5.75 Å². The minimum atomic E-state index is -1.09. The van der Waals surface area contributed by atoms with Crippen LogP contribution < -0.4 is 10.5 Å². The largest absolute Gasteiger partial charge is 0.496 e. The number of methoxy groups -OCH3 is 1. The second kappa shape index (κ2) is 4.94. The Kier molecular flexibility index (Phi) is 3.84. The molecule has 0 aliphatic heterocycles. The molecule has 0 aromatic heterocycles. The van der Waals surface area contributed by atoms with Gasteiger partial charge in [-0.25, -0.2) is 4.39 Å². The number of aliphatic carboxylic acids is 1. The van der Waals surface area contributed by atoms with Gasteiger partial charge in [-0.3, -0.25) is 4.79 Å². The second-order valence-electron chi connectivity index (χ2n) is 3.41. The third-order valence-electron chi connectivity index (χ3n) is 2.51. The predicted molar refractivity (Wildman–Crippen MR) is 57.1 cm³/mol. The zero-order chi connectivity index (χ0) is 12.3. The van der Waals surface area contributed by atoms with Gasteiger partial charge in [0.25, 0.3) is 0 Å². The number of hydrogen-bond donors (Lipinski definition) is 2. The Morgan fingerprint density at radius 3 is 2.69 bits per heavy atom. The zero-order valence-electron chi connectivity index (χ0n) is 9.16. The van der Waals surface area contributed by atoms with E-state index in [4.69, 9.17) is 15.6 Å². The summed E-state index contributed by atoms with van der Waals surface area (Å²) in [5, 5.41) is 9.00. The third-order valence-corrected chi connectivity index (χ3v) is 2.51. The maximum atomic E-state index is 13.4. The van der Waals surface area contributed by atoms with Crippen molar-refractivity contribution in [2.24, 2.45) is 5.73 Å². The van der Waals surface area contributed by atoms with Crippen LogP contribution in [0.1, 0.15) is 17.0 Å². The molecule has 0 aliphatic carbocycles. The van der Waals surface area contributed by atoms with Crippen molar-refractivity contribution in [1.82, 2.24) is 0 Å². The van der Waals surface area contributed by atoms with Gasteiger partial charge < -0.3 is 15.6 Å². The van der Waals surface area contributed by atoms with Gasteiger partial charge in [-0.2, -0.15) is 0 Å². The molecule has 5 heteroatoms. The van der Waals surface area contributed by atoms with Crippen molar-refractivity contribution < 1.29 is 19.0 Å². The van der Waals surface area contributed by atoms with Gasteiger partial charge in [0.15, 0.2) is 0 Å². The quantitative estimate of drug-likeness (QED) is 0.812. The van der Waals surface area contributed by atoms with Gasteiger partial charge in [0, 0.05) is 12.1 Å². The average Bonchev–Trinajstić information content (AvgIpc) is 2.25. The summed E-state index contributed by atoms with van der Waals surface area (Å²) in [4.78, 5) is 11.0. The van der Waals surface area contributed by atoms with E-state index in [1.54, 1.807) is 0 Å². The summed E-state index contributed by atoms with van der Waals surface area (Å²) in [6.45, 7) is 1.41. The number of rotatable bonds is 4. The van der Waals surface area contributed by atoms with Crippen molar-refractivity contribution in [3.8, 4) is 5.75 Å². The fourth-order valence-corrected chi connectivity index (χ4v) is 1.63. The molecule has 0 radical (unpaired) electrons. The second-order valence-corrected chi connectivity index (χ2v) is 3.41. The number of carboxylic acid groups (broad SMARTS) is 1. The van der Waals surface area contributed by atoms with Crippen LogP contribution in [0.25, 0.3) is 0 Å². The van der Waals surface area contributed by atoms with Gasteiger partial charge in [-0.1, -0.05) is 0 Å². The normalized spacial score (nSPS) is 12.2. The lowest BCUT2D eigenvalue weighted by Crippen LogP contribution is -2.23. The van der Waals surface area contributed by atoms with Crippen LogP contribution in [0.2, 0.25) is 0 Å². The van der Waals surface area contributed by atoms with Crippen LogP contribution in [0, 0.1) is 12.7 Å². The fourth-order valence-electron chi connectivity index (χ4n) is 1.63. The topological polar surface area (TPSA) is 72.5 Å². The molecule has 4 nitrogen and oxygen atoms in total. The number of halogens is 1. The highest BCUT2D eigenvalue weighted by Crippen LogP contribution is 2.31. The molecule has 1 aromatic carbocycles. The highest BCUT2D eigenvalue weighted by atomic mass is 19.1. The summed E-state index contributed by atoms with van der Waals surface area (Å²) in [6, 6.07) is 2.65. The lowest BCUT2D eigenvalue weighted by Gasteiger charge is -2.17. The van der Waals surface area contributed by atoms with E-state index in [9.17, 15) is 9.18 Å². The SMILES string of the molecule is COc1ccc(F)c(C)c1C(CN)C(=O)O. The van der Waals surface area contributed by atoms with E-state index >= 15 is 0 Å². The lowest BCUT2D eigenvalue weighted by atomic mass is 9.93. The van der Waals surface area contributed by atoms with Gasteiger partial charge in [0.1, 0.15) is 11.6 Å². The Hall–Kier alpha value is -1.62. The molecular formula is C11H14FNO3. The molecule has 1 rings (SSSR count). The molecule has 1 atom stereocenters. The first-order chi connectivity index (χ1) is 7.52. The summed E-state index contributed by atoms with van der Waals surface area (Å²) < 4.78 is 18.4. The Labute approximate surface area is 92.8 Å². The standard InChI is InChI=1S/C11H14FNO3/c1-6-8(12)3-4-9(16-2)10(6)7(5-13)11(14)15/h3-4,7H,5,13H2,1-2H3,(H,14,15). The minimum absolute atomic E-state index is 0.101. The van der Waals surface area contributed by atoms with E-state index in [0.29, 0.717) is 11.3 Å². The van der Waals surface area contributed by atoms with Crippen molar-refractivity contribution >= 4 is 5.97 Å². The number of hydrogen-bond acceptors (Lipinski definition) is 3. The molecule has 88 valence electrons. The van der Waals surface area contributed by atoms with E-state index in [1.807, 2.05) is 0 Å². The van der Waals surface area contributed by atoms with Gasteiger partial charge in [-0.15, -0.1) is 0 Å². The molecule has 0 heterocycles. The number of benzene rings is 1. The Bertz CT molecular complexity index is 406. The molecule has 0 spiro atoms. The zero-order valence-corrected chi connectivity index (χ0v) is 9.16. The molecule has 1 aromatic rings. The van der Waals surface area contributed by atoms with Crippen LogP contribution in [0.4, 0.5) is 4.39 Å². The van der Waals surface area contributed by atoms with Crippen molar-refractivity contribution in [2.45, 2.75) is 12.8 Å². The molecule has 0 bridgehead atoms. The predicted octanol–water partition coefficient (Wildman–Crippen LogP) is 1.27. The number of ether oxygens (including phenoxy) is 1. The third kappa shape index (κ3) is 2.14. The van der Waals surface area contributed by atoms with E-state index in [2.05, 4.69) is 0 Å². The fraction of sp³-hybridized carbons (Fsp3) is 0.364. The number of carboxylic acids is 1. The van der Waals surface area contributed by atoms with Gasteiger partial charge in [-0.05, 0) is 24.6 Å². The van der Waals surface area contributed by atoms with Crippen molar-refractivity contribution in [2.75, 3.05) is 13.7 Å². The monoisotopic (exact) mass is 227 g/mol. The molecule has 3 N–H and O–H groups in total. The maximum absolute atomic E-state index is 13.4. The van der Waals surface area contributed by atoms with Gasteiger partial charge in [0.2, 0.25) is 0 Å². The van der Waals surface area contributed by atoms with Crippen LogP contribution >= 0.6 is 0 Å². The average molecular weight is 227 g/mol. The van der Waals surface area contributed by atoms with Crippen LogP contribution in [0.3, 0.4) is 0 Å². The first kappa shape index (κ1) is 12.4. The Morgan fingerprint density at radius 1 is 1.62 bits per heavy atom. The molecule has 1 unspecified atom stereocenters. The smallest absolute Gasteiger partial charge is 0.312 e. The van der Waals surface area contributed by atoms with Gasteiger partial charge >= 0.3 is 5.97 Å². The first-order valence-electron chi connectivity index (χ1n) is 4.78. The van der Waals surface area contributed by atoms with Gasteiger partial charge in [0.05, 0.1) is 13.0 Å². The van der Waals surface area contributed by atoms with Crippen molar-refractivity contribution in [3.05, 3.63) is 29.1 Å². The van der Waals surface area contributed by atoms with E-state index in [1.165, 1.54) is 26.2 Å². The first-order valence-corrected chi connectivity index (χ1v) is 4.78. The molecule has 16 heavy (non-hydrogen) atoms. The molecular weight excluding hydrogens is 213 g/mol. The summed E-state index contributed by atoms with van der Waals surface area (Å²) in [5.74, 6) is -2.16. The molecule has 0 amide bonds. The summed E-state index contributed by atoms with van der Waals surface area (Å²) in [5.41, 5.74) is 5.95. The Morgan fingerprint density at radius 2 is 2.25 bits per heavy atom. The van der Waals surface area contributed by atoms with Crippen LogP contribution in [-0.4, -0.2) is 24.7 Å². The number of carbonyl (C=O) groups is 1. The van der Waals surface area contributed by atoms with E-state index in [0.717, 1.165) is 0 Å². The van der Waals surface area contributed by atoms with E-state index < -0.39 is 17.7 Å². The molecule has 0 saturated carbocycles. The maximum Gasteiger partial charge on any atom is 0.312 e. The molecule has 0 aliphatic rings. The van der Waals surface area contributed by atoms with Crippen LogP contribution in [-0.2, 0) is 4.79 Å². The molecule has 0 saturated heterocycles. The highest BCUT2D eigenvalue weighted by Gasteiger charge is 2.25. The van der Waals surface area contributed by atoms with Crippen molar-refractivity contribution in [1.29, 1.82) is 0 Å². The van der Waals surface area contributed by atoms with Crippen LogP contribution in [0.15, 0.2) is 12.1 Å². The highest BCUT2D eigenvalue weighted by molar-refractivity contribution is 5.78. The number of nitrogens with two attached hydrogens (primary N) is 1. The summed E-state index contributed by atoms with van der Waals surface area (Å²) >= 11 is 0.